The molecule has 5 nitrogen and oxygen atoms in total. The summed E-state index contributed by atoms with van der Waals surface area (Å²) in [4.78, 5) is 8.35. The lowest BCUT2D eigenvalue weighted by atomic mass is 9.67. The minimum Gasteiger partial charge on any atom is -0.392 e. The number of aliphatic imine (C=N–C) groups is 1. The minimum absolute atomic E-state index is 0.0472. The second-order valence-corrected chi connectivity index (χ2v) is 12.6. The predicted molar refractivity (Wildman–Crippen MR) is 160 cm³/mol. The lowest BCUT2D eigenvalue weighted by Gasteiger charge is -2.54. The monoisotopic (exact) mass is 593 g/mol. The molecule has 0 aromatic rings. The third kappa shape index (κ3) is 6.61. The second-order valence-electron chi connectivity index (χ2n) is 8.78. The number of thioether (sulfide) groups is 1. The highest BCUT2D eigenvalue weighted by Crippen LogP contribution is 2.55. The lowest BCUT2D eigenvalue weighted by molar-refractivity contribution is -0.0488. The van der Waals surface area contributed by atoms with Crippen molar-refractivity contribution in [3.63, 3.8) is 0 Å². The molecule has 7 heteroatoms. The predicted octanol–water partition coefficient (Wildman–Crippen LogP) is 6.31. The average Bonchev–Trinajstić information content (AvgIpc) is 2.80. The van der Waals surface area contributed by atoms with Gasteiger partial charge in [0.2, 0.25) is 0 Å². The molecule has 3 N–H and O–H groups in total. The van der Waals surface area contributed by atoms with Crippen molar-refractivity contribution in [2.45, 2.75) is 50.6 Å². The van der Waals surface area contributed by atoms with E-state index in [1.165, 1.54) is 0 Å². The number of nitrogens with two attached hydrogens (primary N) is 1. The first-order valence-corrected chi connectivity index (χ1v) is 14.8. The molecule has 3 atom stereocenters. The Morgan fingerprint density at radius 1 is 1.41 bits per heavy atom. The maximum absolute atomic E-state index is 6.31. The summed E-state index contributed by atoms with van der Waals surface area (Å²) in [5.41, 5.74) is 10.8. The van der Waals surface area contributed by atoms with E-state index in [0.29, 0.717) is 6.61 Å². The summed E-state index contributed by atoms with van der Waals surface area (Å²) in [5, 5.41) is 4.44. The summed E-state index contributed by atoms with van der Waals surface area (Å²) in [6, 6.07) is 2.74. The van der Waals surface area contributed by atoms with Gasteiger partial charge in [-0.25, -0.2) is 0 Å². The van der Waals surface area contributed by atoms with Gasteiger partial charge in [0.05, 0.1) is 30.1 Å². The van der Waals surface area contributed by atoms with E-state index < -0.39 is 0 Å². The number of ether oxygens (including phenoxy) is 1. The Kier molecular flexibility index (Phi) is 10.6. The van der Waals surface area contributed by atoms with Crippen LogP contribution in [0.25, 0.3) is 4.85 Å². The SMILES string of the molecule is C=IC12CSC(N)=C(C)NCC1(C(=C)C=CC=C(C)C(=C)C=NC=C(C)[N+]#CC)COC(C)C2. The molecule has 0 aromatic carbocycles. The Bertz CT molecular complexity index is 1040. The molecule has 0 radical (unpaired) electrons. The fourth-order valence-corrected chi connectivity index (χ4v) is 8.66. The number of hydrogen-bond donors (Lipinski definition) is 2. The summed E-state index contributed by atoms with van der Waals surface area (Å²) in [5.74, 6) is 0.949. The topological polar surface area (TPSA) is 64.0 Å². The van der Waals surface area contributed by atoms with Gasteiger partial charge in [-0.15, -0.1) is 32.5 Å². The first-order chi connectivity index (χ1) is 16.1. The molecule has 2 aliphatic heterocycles. The molecule has 0 aliphatic carbocycles. The number of fused-ring (bicyclic) bond motifs is 1. The third-order valence-corrected chi connectivity index (χ3v) is 11.5. The van der Waals surface area contributed by atoms with Crippen LogP contribution in [-0.4, -0.2) is 39.2 Å². The molecule has 34 heavy (non-hydrogen) atoms. The Hall–Kier alpha value is -1.89. The Morgan fingerprint density at radius 3 is 2.82 bits per heavy atom. The molecule has 0 aromatic heterocycles. The molecule has 184 valence electrons. The highest BCUT2D eigenvalue weighted by Gasteiger charge is 2.55. The van der Waals surface area contributed by atoms with Crippen LogP contribution in [0.2, 0.25) is 0 Å². The number of nitrogens with zero attached hydrogens (tertiary/aromatic N) is 2. The van der Waals surface area contributed by atoms with Gasteiger partial charge in [-0.1, -0.05) is 35.9 Å². The van der Waals surface area contributed by atoms with Crippen molar-refractivity contribution in [1.29, 1.82) is 0 Å². The fourth-order valence-electron chi connectivity index (χ4n) is 4.03. The van der Waals surface area contributed by atoms with Gasteiger partial charge in [0.25, 0.3) is 6.07 Å². The highest BCUT2D eigenvalue weighted by molar-refractivity contribution is 14.2. The maximum Gasteiger partial charge on any atom is 0.331 e. The van der Waals surface area contributed by atoms with Crippen molar-refractivity contribution >= 4 is 43.2 Å². The van der Waals surface area contributed by atoms with Crippen molar-refractivity contribution in [3.05, 3.63) is 75.6 Å². The van der Waals surface area contributed by atoms with E-state index in [2.05, 4.69) is 58.0 Å². The largest absolute Gasteiger partial charge is 0.392 e. The number of rotatable bonds is 7. The Labute approximate surface area is 219 Å². The molecule has 1 fully saturated rings. The summed E-state index contributed by atoms with van der Waals surface area (Å²) < 4.78 is 10.8. The molecule has 0 spiro atoms. The zero-order chi connectivity index (χ0) is 25.4. The summed E-state index contributed by atoms with van der Waals surface area (Å²) in [7, 11) is 0. The zero-order valence-electron chi connectivity index (χ0n) is 21.1. The molecule has 2 aliphatic rings. The maximum atomic E-state index is 6.31. The van der Waals surface area contributed by atoms with Crippen molar-refractivity contribution < 1.29 is 4.74 Å². The van der Waals surface area contributed by atoms with E-state index in [9.17, 15) is 0 Å². The normalized spacial score (nSPS) is 28.6. The number of allylic oxidation sites excluding steroid dienone is 7. The van der Waals surface area contributed by atoms with Crippen molar-refractivity contribution in [1.82, 2.24) is 5.32 Å². The van der Waals surface area contributed by atoms with Crippen LogP contribution >= 0.6 is 32.5 Å². The van der Waals surface area contributed by atoms with Crippen LogP contribution in [0.3, 0.4) is 0 Å². The van der Waals surface area contributed by atoms with Gasteiger partial charge in [0.1, 0.15) is 6.20 Å². The number of alkyl halides is 1. The molecule has 0 amide bonds. The lowest BCUT2D eigenvalue weighted by Crippen LogP contribution is -2.60. The van der Waals surface area contributed by atoms with E-state index in [-0.39, 0.29) is 35.7 Å². The van der Waals surface area contributed by atoms with E-state index in [0.717, 1.165) is 51.9 Å². The third-order valence-electron chi connectivity index (χ3n) is 6.36. The van der Waals surface area contributed by atoms with Gasteiger partial charge in [-0.05, 0) is 48.8 Å². The smallest absolute Gasteiger partial charge is 0.331 e. The van der Waals surface area contributed by atoms with Crippen LogP contribution in [0.15, 0.2) is 75.7 Å². The van der Waals surface area contributed by atoms with Crippen molar-refractivity contribution in [3.8, 4) is 6.07 Å². The van der Waals surface area contributed by atoms with Crippen molar-refractivity contribution in [2.75, 3.05) is 18.9 Å². The number of halogens is 1. The molecular formula is C27H38IN4OS+. The standard InChI is InChI=1S/C27H38IN4OS/c1-9-31-22(5)15-30-14-20(3)19(2)11-10-12-21(4)26-16-32-24(7)25(29)34-18-27(26,28-8)13-23(6)33-17-26/h10-12,14-15,23,32H,3-4,8,13,16-18,29H2,1-2,5-7H3/q+1. The summed E-state index contributed by atoms with van der Waals surface area (Å²) >= 11 is 1.39. The fraction of sp³-hybridized carbons (Fsp3) is 0.444. The number of hydrogen-bond acceptors (Lipinski definition) is 5. The Balaban J connectivity index is 2.28. The first-order valence-electron chi connectivity index (χ1n) is 11.3. The van der Waals surface area contributed by atoms with Crippen LogP contribution in [-0.2, 0) is 4.74 Å². The highest BCUT2D eigenvalue weighted by atomic mass is 127. The first kappa shape index (κ1) is 28.3. The van der Waals surface area contributed by atoms with E-state index in [1.807, 2.05) is 26.8 Å². The van der Waals surface area contributed by atoms with Gasteiger partial charge >= 0.3 is 5.70 Å². The summed E-state index contributed by atoms with van der Waals surface area (Å²) in [6.07, 6.45) is 10.8. The minimum atomic E-state index is -0.353. The quantitative estimate of drug-likeness (QED) is 0.157. The molecular weight excluding hydrogens is 555 g/mol. The van der Waals surface area contributed by atoms with Gasteiger partial charge in [0.15, 0.2) is 0 Å². The molecule has 0 bridgehead atoms. The Morgan fingerprint density at radius 2 is 2.15 bits per heavy atom. The van der Waals surface area contributed by atoms with E-state index in [1.54, 1.807) is 31.1 Å². The summed E-state index contributed by atoms with van der Waals surface area (Å²) in [6.45, 7) is 19.9. The molecule has 1 saturated heterocycles. The molecule has 3 unspecified atom stereocenters. The van der Waals surface area contributed by atoms with Crippen LogP contribution < -0.4 is 11.1 Å². The van der Waals surface area contributed by atoms with Gasteiger partial charge in [-0.2, -0.15) is 0 Å². The van der Waals surface area contributed by atoms with E-state index >= 15 is 0 Å². The molecule has 0 saturated carbocycles. The van der Waals surface area contributed by atoms with Crippen LogP contribution in [0, 0.1) is 11.5 Å². The molecule has 2 heterocycles. The second kappa shape index (κ2) is 12.7. The van der Waals surface area contributed by atoms with E-state index in [4.69, 9.17) is 10.5 Å². The van der Waals surface area contributed by atoms with Crippen LogP contribution in [0.1, 0.15) is 41.0 Å². The van der Waals surface area contributed by atoms with Gasteiger partial charge in [-0.3, -0.25) is 4.99 Å². The van der Waals surface area contributed by atoms with Gasteiger partial charge < -0.3 is 15.8 Å². The average molecular weight is 594 g/mol. The molecule has 2 rings (SSSR count). The van der Waals surface area contributed by atoms with Gasteiger partial charge in [0, 0.05) is 34.6 Å². The van der Waals surface area contributed by atoms with Crippen LogP contribution in [0.4, 0.5) is 0 Å². The number of nitrogens with one attached hydrogen (secondary N) is 1. The van der Waals surface area contributed by atoms with Crippen molar-refractivity contribution in [2.24, 2.45) is 16.1 Å². The van der Waals surface area contributed by atoms with Crippen LogP contribution in [0.5, 0.6) is 0 Å². The zero-order valence-corrected chi connectivity index (χ0v) is 24.1.